The van der Waals surface area contributed by atoms with Gasteiger partial charge in [-0.3, -0.25) is 0 Å². The Hall–Kier alpha value is -2.13. The molecule has 0 amide bonds. The largest absolute Gasteiger partial charge is 0.475 e. The highest BCUT2D eigenvalue weighted by molar-refractivity contribution is 7.89. The van der Waals surface area contributed by atoms with Crippen LogP contribution < -0.4 is 4.72 Å². The Morgan fingerprint density at radius 3 is 2.60 bits per heavy atom. The Bertz CT molecular complexity index is 723. The lowest BCUT2D eigenvalue weighted by atomic mass is 10.4. The van der Waals surface area contributed by atoms with Gasteiger partial charge in [0, 0.05) is 0 Å². The van der Waals surface area contributed by atoms with Gasteiger partial charge in [0.1, 0.15) is 16.3 Å². The maximum absolute atomic E-state index is 12.1. The van der Waals surface area contributed by atoms with Crippen molar-refractivity contribution >= 4 is 16.0 Å². The summed E-state index contributed by atoms with van der Waals surface area (Å²) in [6, 6.07) is 2.64. The number of hydrogen-bond acceptors (Lipinski definition) is 6. The fraction of sp³-hybridized carbons (Fsp3) is 0.273. The van der Waals surface area contributed by atoms with E-state index in [0.717, 1.165) is 0 Å². The van der Waals surface area contributed by atoms with Gasteiger partial charge in [-0.05, 0) is 26.0 Å². The molecule has 0 unspecified atom stereocenters. The number of aromatic carboxylic acids is 1. The van der Waals surface area contributed by atoms with Gasteiger partial charge in [0.2, 0.25) is 15.8 Å². The van der Waals surface area contributed by atoms with E-state index in [1.807, 2.05) is 0 Å². The molecule has 0 aliphatic heterocycles. The first-order valence-corrected chi connectivity index (χ1v) is 7.04. The molecule has 2 aromatic heterocycles. The summed E-state index contributed by atoms with van der Waals surface area (Å²) in [6.45, 7) is 2.84. The summed E-state index contributed by atoms with van der Waals surface area (Å²) >= 11 is 0. The Balaban J connectivity index is 2.15. The molecule has 108 valence electrons. The third-order valence-electron chi connectivity index (χ3n) is 2.55. The highest BCUT2D eigenvalue weighted by atomic mass is 32.2. The van der Waals surface area contributed by atoms with Crippen molar-refractivity contribution in [3.8, 4) is 0 Å². The van der Waals surface area contributed by atoms with E-state index in [0.29, 0.717) is 0 Å². The van der Waals surface area contributed by atoms with Gasteiger partial charge in [-0.1, -0.05) is 5.16 Å². The van der Waals surface area contributed by atoms with Crippen LogP contribution in [0.15, 0.2) is 26.0 Å². The quantitative estimate of drug-likeness (QED) is 0.846. The first-order valence-electron chi connectivity index (χ1n) is 5.56. The van der Waals surface area contributed by atoms with E-state index in [9.17, 15) is 13.2 Å². The molecule has 2 aromatic rings. The maximum atomic E-state index is 12.1. The van der Waals surface area contributed by atoms with Gasteiger partial charge in [0.25, 0.3) is 0 Å². The second-order valence-electron chi connectivity index (χ2n) is 4.05. The van der Waals surface area contributed by atoms with Crippen LogP contribution in [-0.2, 0) is 16.6 Å². The van der Waals surface area contributed by atoms with E-state index < -0.39 is 16.0 Å². The van der Waals surface area contributed by atoms with Crippen molar-refractivity contribution in [1.29, 1.82) is 0 Å². The molecule has 2 rings (SSSR count). The minimum absolute atomic E-state index is 0.0254. The van der Waals surface area contributed by atoms with E-state index in [-0.39, 0.29) is 34.4 Å². The van der Waals surface area contributed by atoms with Crippen LogP contribution in [0, 0.1) is 13.8 Å². The van der Waals surface area contributed by atoms with Gasteiger partial charge in [-0.15, -0.1) is 0 Å². The van der Waals surface area contributed by atoms with E-state index in [1.165, 1.54) is 26.0 Å². The number of nitrogens with one attached hydrogen (secondary N) is 1. The highest BCUT2D eigenvalue weighted by Crippen LogP contribution is 2.19. The van der Waals surface area contributed by atoms with Gasteiger partial charge in [-0.2, -0.15) is 0 Å². The normalized spacial score (nSPS) is 11.7. The van der Waals surface area contributed by atoms with Crippen molar-refractivity contribution in [3.63, 3.8) is 0 Å². The SMILES string of the molecule is Cc1noc(C)c1S(=O)(=O)NCc1ccc(C(=O)O)o1. The molecule has 20 heavy (non-hydrogen) atoms. The molecule has 0 fully saturated rings. The zero-order valence-electron chi connectivity index (χ0n) is 10.7. The predicted molar refractivity (Wildman–Crippen MR) is 65.7 cm³/mol. The number of carboxylic acids is 1. The first-order chi connectivity index (χ1) is 9.31. The van der Waals surface area contributed by atoms with Gasteiger partial charge in [0.15, 0.2) is 5.76 Å². The standard InChI is InChI=1S/C11H12N2O6S/c1-6-10(7(2)19-13-6)20(16,17)12-5-8-3-4-9(18-8)11(14)15/h3-4,12H,5H2,1-2H3,(H,14,15). The van der Waals surface area contributed by atoms with Gasteiger partial charge >= 0.3 is 5.97 Å². The molecule has 0 saturated heterocycles. The fourth-order valence-electron chi connectivity index (χ4n) is 1.68. The fourth-order valence-corrected chi connectivity index (χ4v) is 3.00. The third-order valence-corrected chi connectivity index (χ3v) is 4.19. The smallest absolute Gasteiger partial charge is 0.371 e. The monoisotopic (exact) mass is 300 g/mol. The van der Waals surface area contributed by atoms with E-state index in [1.54, 1.807) is 0 Å². The summed E-state index contributed by atoms with van der Waals surface area (Å²) in [5, 5.41) is 12.3. The average molecular weight is 300 g/mol. The van der Waals surface area contributed by atoms with Crippen molar-refractivity contribution < 1.29 is 27.3 Å². The number of nitrogens with zero attached hydrogens (tertiary/aromatic N) is 1. The Morgan fingerprint density at radius 2 is 2.10 bits per heavy atom. The number of hydrogen-bond donors (Lipinski definition) is 2. The van der Waals surface area contributed by atoms with Crippen LogP contribution in [-0.4, -0.2) is 24.7 Å². The molecule has 0 saturated carbocycles. The van der Waals surface area contributed by atoms with Gasteiger partial charge in [0.05, 0.1) is 6.54 Å². The molecule has 0 aliphatic rings. The Morgan fingerprint density at radius 1 is 1.40 bits per heavy atom. The molecule has 2 heterocycles. The van der Waals surface area contributed by atoms with Crippen LogP contribution in [0.1, 0.15) is 27.8 Å². The van der Waals surface area contributed by atoms with Crippen molar-refractivity contribution in [2.24, 2.45) is 0 Å². The molecule has 0 aromatic carbocycles. The van der Waals surface area contributed by atoms with Crippen molar-refractivity contribution in [2.45, 2.75) is 25.3 Å². The first kappa shape index (κ1) is 14.3. The van der Waals surface area contributed by atoms with Crippen molar-refractivity contribution in [3.05, 3.63) is 35.1 Å². The number of carboxylic acid groups (broad SMARTS) is 1. The van der Waals surface area contributed by atoms with Crippen LogP contribution in [0.3, 0.4) is 0 Å². The number of aromatic nitrogens is 1. The van der Waals surface area contributed by atoms with E-state index >= 15 is 0 Å². The highest BCUT2D eigenvalue weighted by Gasteiger charge is 2.24. The Kier molecular flexibility index (Phi) is 3.64. The van der Waals surface area contributed by atoms with Crippen LogP contribution in [0.4, 0.5) is 0 Å². The van der Waals surface area contributed by atoms with Crippen molar-refractivity contribution in [1.82, 2.24) is 9.88 Å². The Labute approximate surface area is 114 Å². The minimum Gasteiger partial charge on any atom is -0.475 e. The maximum Gasteiger partial charge on any atom is 0.371 e. The number of furan rings is 1. The van der Waals surface area contributed by atoms with Gasteiger partial charge < -0.3 is 14.0 Å². The summed E-state index contributed by atoms with van der Waals surface area (Å²) in [5.41, 5.74) is 0.251. The minimum atomic E-state index is -3.80. The average Bonchev–Trinajstić information content (AvgIpc) is 2.94. The molecule has 0 radical (unpaired) electrons. The summed E-state index contributed by atoms with van der Waals surface area (Å²) in [7, 11) is -3.80. The summed E-state index contributed by atoms with van der Waals surface area (Å²) in [4.78, 5) is 10.6. The lowest BCUT2D eigenvalue weighted by Crippen LogP contribution is -2.24. The van der Waals surface area contributed by atoms with Crippen LogP contribution in [0.2, 0.25) is 0 Å². The molecule has 0 bridgehead atoms. The summed E-state index contributed by atoms with van der Waals surface area (Å²) in [5.74, 6) is -1.10. The molecule has 0 aliphatic carbocycles. The lowest BCUT2D eigenvalue weighted by Gasteiger charge is -2.04. The molecule has 0 atom stereocenters. The third kappa shape index (κ3) is 2.73. The lowest BCUT2D eigenvalue weighted by molar-refractivity contribution is 0.0660. The number of sulfonamides is 1. The molecular weight excluding hydrogens is 288 g/mol. The molecule has 8 nitrogen and oxygen atoms in total. The number of rotatable bonds is 5. The zero-order chi connectivity index (χ0) is 14.9. The van der Waals surface area contributed by atoms with Crippen LogP contribution in [0.25, 0.3) is 0 Å². The van der Waals surface area contributed by atoms with Crippen LogP contribution >= 0.6 is 0 Å². The predicted octanol–water partition coefficient (Wildman–Crippen LogP) is 1.06. The summed E-state index contributed by atoms with van der Waals surface area (Å²) in [6.07, 6.45) is 0. The molecule has 2 N–H and O–H groups in total. The van der Waals surface area contributed by atoms with E-state index in [4.69, 9.17) is 14.0 Å². The van der Waals surface area contributed by atoms with Crippen molar-refractivity contribution in [2.75, 3.05) is 0 Å². The summed E-state index contributed by atoms with van der Waals surface area (Å²) < 4.78 is 36.2. The molecular formula is C11H12N2O6S. The van der Waals surface area contributed by atoms with E-state index in [2.05, 4.69) is 9.88 Å². The van der Waals surface area contributed by atoms with Gasteiger partial charge in [-0.25, -0.2) is 17.9 Å². The number of carbonyl (C=O) groups is 1. The molecule has 9 heteroatoms. The van der Waals surface area contributed by atoms with Crippen LogP contribution in [0.5, 0.6) is 0 Å². The second kappa shape index (κ2) is 5.10. The second-order valence-corrected chi connectivity index (χ2v) is 5.75. The molecule has 0 spiro atoms. The topological polar surface area (TPSA) is 123 Å². The zero-order valence-corrected chi connectivity index (χ0v) is 11.5. The number of aryl methyl sites for hydroxylation is 2.